The van der Waals surface area contributed by atoms with Crippen LogP contribution in [0.3, 0.4) is 0 Å². The largest absolute Gasteiger partial charge is 0.477 e. The van der Waals surface area contributed by atoms with E-state index >= 15 is 0 Å². The van der Waals surface area contributed by atoms with Gasteiger partial charge in [-0.2, -0.15) is 0 Å². The van der Waals surface area contributed by atoms with Gasteiger partial charge in [-0.25, -0.2) is 19.2 Å². The number of hydrogen-bond donors (Lipinski definition) is 2. The SMILES string of the molecule is O=C(O)c1cc2nc(CN3CCC(c4cccc(OCC5=CCC(Cl)C=C5F)n4)CC3)n(CC3CCO3)c2[nH]1. The Balaban J connectivity index is 1.08. The molecule has 11 heteroatoms. The minimum Gasteiger partial charge on any atom is -0.477 e. The molecule has 2 saturated heterocycles. The first-order chi connectivity index (χ1) is 18.9. The summed E-state index contributed by atoms with van der Waals surface area (Å²) in [6, 6.07) is 7.36. The van der Waals surface area contributed by atoms with Gasteiger partial charge in [0.2, 0.25) is 5.88 Å². The molecule has 2 atom stereocenters. The summed E-state index contributed by atoms with van der Waals surface area (Å²) in [5.41, 5.74) is 3.03. The maximum atomic E-state index is 14.1. The molecule has 1 aliphatic carbocycles. The molecule has 3 aliphatic rings. The van der Waals surface area contributed by atoms with Crippen molar-refractivity contribution in [1.82, 2.24) is 24.4 Å². The van der Waals surface area contributed by atoms with Gasteiger partial charge in [0, 0.05) is 29.9 Å². The van der Waals surface area contributed by atoms with Crippen molar-refractivity contribution < 1.29 is 23.8 Å². The number of halogens is 2. The third-order valence-electron chi connectivity index (χ3n) is 7.73. The number of fused-ring (bicyclic) bond motifs is 1. The monoisotopic (exact) mass is 555 g/mol. The molecular formula is C28H31ClFN5O4. The smallest absolute Gasteiger partial charge is 0.352 e. The molecule has 3 aromatic heterocycles. The number of likely N-dealkylation sites (tertiary alicyclic amines) is 1. The zero-order valence-electron chi connectivity index (χ0n) is 21.5. The lowest BCUT2D eigenvalue weighted by atomic mass is 9.93. The van der Waals surface area contributed by atoms with E-state index in [0.29, 0.717) is 42.4 Å². The Kier molecular flexibility index (Phi) is 7.42. The number of H-pyrrole nitrogens is 1. The number of alkyl halides is 1. The second kappa shape index (κ2) is 11.1. The molecule has 206 valence electrons. The Morgan fingerprint density at radius 1 is 1.26 bits per heavy atom. The number of hydrogen-bond acceptors (Lipinski definition) is 6. The molecule has 2 fully saturated rings. The molecule has 5 heterocycles. The highest BCUT2D eigenvalue weighted by atomic mass is 35.5. The number of carboxylic acid groups (broad SMARTS) is 1. The van der Waals surface area contributed by atoms with Crippen LogP contribution in [0.15, 0.2) is 47.8 Å². The summed E-state index contributed by atoms with van der Waals surface area (Å²) in [6.45, 7) is 4.00. The molecule has 0 radical (unpaired) electrons. The van der Waals surface area contributed by atoms with Crippen molar-refractivity contribution in [3.05, 3.63) is 65.0 Å². The highest BCUT2D eigenvalue weighted by Crippen LogP contribution is 2.30. The van der Waals surface area contributed by atoms with Gasteiger partial charge in [-0.15, -0.1) is 11.6 Å². The first kappa shape index (κ1) is 26.0. The van der Waals surface area contributed by atoms with Crippen molar-refractivity contribution in [3.63, 3.8) is 0 Å². The van der Waals surface area contributed by atoms with E-state index in [0.717, 1.165) is 56.1 Å². The molecule has 0 bridgehead atoms. The van der Waals surface area contributed by atoms with E-state index in [9.17, 15) is 14.3 Å². The normalized spacial score (nSPS) is 22.4. The lowest BCUT2D eigenvalue weighted by Gasteiger charge is -2.32. The first-order valence-corrected chi connectivity index (χ1v) is 13.8. The van der Waals surface area contributed by atoms with Gasteiger partial charge in [0.05, 0.1) is 24.6 Å². The molecule has 39 heavy (non-hydrogen) atoms. The van der Waals surface area contributed by atoms with Crippen molar-refractivity contribution in [2.45, 2.75) is 56.2 Å². The van der Waals surface area contributed by atoms with Gasteiger partial charge in [0.1, 0.15) is 35.1 Å². The van der Waals surface area contributed by atoms with Crippen LogP contribution in [0.2, 0.25) is 0 Å². The van der Waals surface area contributed by atoms with Gasteiger partial charge in [-0.05, 0) is 57.0 Å². The topological polar surface area (TPSA) is 106 Å². The van der Waals surface area contributed by atoms with Crippen LogP contribution < -0.4 is 4.74 Å². The molecule has 0 spiro atoms. The third kappa shape index (κ3) is 5.73. The molecule has 3 aromatic rings. The van der Waals surface area contributed by atoms with Crippen LogP contribution >= 0.6 is 11.6 Å². The van der Waals surface area contributed by atoms with E-state index in [2.05, 4.69) is 14.5 Å². The molecular weight excluding hydrogens is 525 g/mol. The lowest BCUT2D eigenvalue weighted by Crippen LogP contribution is -2.35. The summed E-state index contributed by atoms with van der Waals surface area (Å²) < 4.78 is 27.7. The fraction of sp³-hybridized carbons (Fsp3) is 0.464. The summed E-state index contributed by atoms with van der Waals surface area (Å²) in [7, 11) is 0. The van der Waals surface area contributed by atoms with Gasteiger partial charge in [-0.3, -0.25) is 4.90 Å². The van der Waals surface area contributed by atoms with E-state index < -0.39 is 5.97 Å². The van der Waals surface area contributed by atoms with Crippen LogP contribution in [-0.4, -0.2) is 73.3 Å². The summed E-state index contributed by atoms with van der Waals surface area (Å²) in [5.74, 6) is 0.390. The molecule has 0 aromatic carbocycles. The highest BCUT2D eigenvalue weighted by molar-refractivity contribution is 6.22. The van der Waals surface area contributed by atoms with Crippen molar-refractivity contribution in [2.75, 3.05) is 26.3 Å². The third-order valence-corrected chi connectivity index (χ3v) is 8.04. The quantitative estimate of drug-likeness (QED) is 0.365. The minimum atomic E-state index is -0.995. The summed E-state index contributed by atoms with van der Waals surface area (Å²) in [5, 5.41) is 9.06. The van der Waals surface area contributed by atoms with E-state index in [-0.39, 0.29) is 29.6 Å². The Bertz CT molecular complexity index is 1420. The zero-order chi connectivity index (χ0) is 26.9. The predicted molar refractivity (Wildman–Crippen MR) is 144 cm³/mol. The number of carboxylic acids is 1. The number of nitrogens with zero attached hydrogens (tertiary/aromatic N) is 4. The van der Waals surface area contributed by atoms with E-state index in [4.69, 9.17) is 31.0 Å². The molecule has 0 saturated carbocycles. The fourth-order valence-electron chi connectivity index (χ4n) is 5.41. The maximum Gasteiger partial charge on any atom is 0.352 e. The summed E-state index contributed by atoms with van der Waals surface area (Å²) in [4.78, 5) is 26.3. The number of nitrogens with one attached hydrogen (secondary N) is 1. The molecule has 2 N–H and O–H groups in total. The number of pyridine rings is 1. The zero-order valence-corrected chi connectivity index (χ0v) is 22.2. The second-order valence-electron chi connectivity index (χ2n) is 10.4. The van der Waals surface area contributed by atoms with Crippen LogP contribution in [0, 0.1) is 0 Å². The Hall–Kier alpha value is -3.21. The number of aromatic carboxylic acids is 1. The standard InChI is InChI=1S/C28H31ClFN5O4/c29-19-5-4-18(21(30)12-19)16-39-26-3-1-2-22(32-26)17-6-9-34(10-7-17)15-25-31-23-13-24(28(36)37)33-27(23)35(25)14-20-8-11-38-20/h1-4,12-13,17,19-20,33H,5-11,14-16H2,(H,36,37). The number of rotatable bonds is 9. The summed E-state index contributed by atoms with van der Waals surface area (Å²) in [6.07, 6.45) is 6.80. The van der Waals surface area contributed by atoms with Crippen molar-refractivity contribution in [1.29, 1.82) is 0 Å². The number of allylic oxidation sites excluding steroid dienone is 2. The first-order valence-electron chi connectivity index (χ1n) is 13.4. The van der Waals surface area contributed by atoms with Crippen LogP contribution in [0.4, 0.5) is 4.39 Å². The lowest BCUT2D eigenvalue weighted by molar-refractivity contribution is -0.0592. The van der Waals surface area contributed by atoms with Gasteiger partial charge in [-0.1, -0.05) is 12.1 Å². The summed E-state index contributed by atoms with van der Waals surface area (Å²) >= 11 is 5.97. The van der Waals surface area contributed by atoms with Crippen LogP contribution in [0.1, 0.15) is 53.6 Å². The average molecular weight is 556 g/mol. The number of carbonyl (C=O) groups is 1. The molecule has 2 aliphatic heterocycles. The van der Waals surface area contributed by atoms with Crippen LogP contribution in [-0.2, 0) is 17.8 Å². The Morgan fingerprint density at radius 3 is 2.79 bits per heavy atom. The minimum absolute atomic E-state index is 0.126. The van der Waals surface area contributed by atoms with E-state index in [1.807, 2.05) is 12.1 Å². The Labute approximate surface area is 230 Å². The van der Waals surface area contributed by atoms with E-state index in [1.165, 1.54) is 6.08 Å². The van der Waals surface area contributed by atoms with E-state index in [1.54, 1.807) is 18.2 Å². The maximum absolute atomic E-state index is 14.1. The molecule has 9 nitrogen and oxygen atoms in total. The predicted octanol–water partition coefficient (Wildman–Crippen LogP) is 4.80. The van der Waals surface area contributed by atoms with Gasteiger partial charge in [0.15, 0.2) is 0 Å². The Morgan fingerprint density at radius 2 is 2.08 bits per heavy atom. The number of aromatic nitrogens is 4. The second-order valence-corrected chi connectivity index (χ2v) is 10.9. The molecule has 0 amide bonds. The van der Waals surface area contributed by atoms with Crippen LogP contribution in [0.25, 0.3) is 11.2 Å². The van der Waals surface area contributed by atoms with Gasteiger partial charge >= 0.3 is 5.97 Å². The molecule has 2 unspecified atom stereocenters. The highest BCUT2D eigenvalue weighted by Gasteiger charge is 2.27. The van der Waals surface area contributed by atoms with Gasteiger partial charge < -0.3 is 24.1 Å². The number of piperidine rings is 1. The average Bonchev–Trinajstić information content (AvgIpc) is 3.45. The van der Waals surface area contributed by atoms with Crippen LogP contribution in [0.5, 0.6) is 5.88 Å². The van der Waals surface area contributed by atoms with Crippen molar-refractivity contribution in [3.8, 4) is 5.88 Å². The number of ether oxygens (including phenoxy) is 2. The van der Waals surface area contributed by atoms with Crippen molar-refractivity contribution >= 4 is 28.7 Å². The number of aromatic amines is 1. The van der Waals surface area contributed by atoms with Crippen molar-refractivity contribution in [2.24, 2.45) is 0 Å². The number of imidazole rings is 1. The fourth-order valence-corrected chi connectivity index (χ4v) is 5.61. The molecule has 6 rings (SSSR count). The van der Waals surface area contributed by atoms with Gasteiger partial charge in [0.25, 0.3) is 0 Å².